The third-order valence-corrected chi connectivity index (χ3v) is 7.49. The van der Waals surface area contributed by atoms with Crippen molar-refractivity contribution >= 4 is 33.4 Å². The molecule has 1 saturated heterocycles. The quantitative estimate of drug-likeness (QED) is 0.665. The molecule has 0 amide bonds. The Morgan fingerprint density at radius 3 is 2.41 bits per heavy atom. The van der Waals surface area contributed by atoms with E-state index in [0.29, 0.717) is 23.7 Å². The van der Waals surface area contributed by atoms with E-state index in [9.17, 15) is 26.4 Å². The number of aliphatic carboxylic acids is 1. The van der Waals surface area contributed by atoms with Crippen LogP contribution in [0, 0.1) is 0 Å². The lowest BCUT2D eigenvalue weighted by atomic mass is 10.0. The number of aromatic nitrogens is 1. The number of alkyl halides is 3. The highest BCUT2D eigenvalue weighted by Gasteiger charge is 2.34. The van der Waals surface area contributed by atoms with E-state index in [4.69, 9.17) is 16.7 Å². The Bertz CT molecular complexity index is 1120. The Hall–Kier alpha value is -2.37. The molecule has 1 fully saturated rings. The molecule has 1 aromatic heterocycles. The lowest BCUT2D eigenvalue weighted by Crippen LogP contribution is -2.49. The molecule has 2 aromatic rings. The van der Waals surface area contributed by atoms with Gasteiger partial charge in [0.05, 0.1) is 21.9 Å². The van der Waals surface area contributed by atoms with Gasteiger partial charge in [0, 0.05) is 32.4 Å². The fraction of sp³-hybridized carbons (Fsp3) is 0.400. The van der Waals surface area contributed by atoms with Crippen LogP contribution in [0.2, 0.25) is 5.02 Å². The van der Waals surface area contributed by atoms with E-state index in [2.05, 4.69) is 4.98 Å². The first-order chi connectivity index (χ1) is 14.9. The SMILES string of the molecule is CCc1c(CC(=O)O)cccc1S(=O)(=O)N1CCN(c2ncc(C(F)(F)F)cc2Cl)CC1. The lowest BCUT2D eigenvalue weighted by Gasteiger charge is -2.35. The summed E-state index contributed by atoms with van der Waals surface area (Å²) in [5, 5.41) is 8.94. The van der Waals surface area contributed by atoms with Gasteiger partial charge in [0.15, 0.2) is 0 Å². The first kappa shape index (κ1) is 24.3. The highest BCUT2D eigenvalue weighted by Crippen LogP contribution is 2.34. The van der Waals surface area contributed by atoms with Crippen LogP contribution in [0.5, 0.6) is 0 Å². The van der Waals surface area contributed by atoms with Gasteiger partial charge < -0.3 is 10.0 Å². The zero-order valence-corrected chi connectivity index (χ0v) is 18.6. The number of nitrogens with zero attached hydrogens (tertiary/aromatic N) is 3. The number of hydrogen-bond acceptors (Lipinski definition) is 5. The van der Waals surface area contributed by atoms with E-state index in [0.717, 1.165) is 6.07 Å². The monoisotopic (exact) mass is 491 g/mol. The van der Waals surface area contributed by atoms with Gasteiger partial charge >= 0.3 is 12.1 Å². The van der Waals surface area contributed by atoms with E-state index in [1.807, 2.05) is 0 Å². The number of carboxylic acid groups (broad SMARTS) is 1. The summed E-state index contributed by atoms with van der Waals surface area (Å²) in [7, 11) is -3.89. The van der Waals surface area contributed by atoms with Crippen LogP contribution in [-0.2, 0) is 33.8 Å². The summed E-state index contributed by atoms with van der Waals surface area (Å²) in [5.41, 5.74) is -0.0500. The molecule has 3 rings (SSSR count). The molecule has 1 aromatic carbocycles. The van der Waals surface area contributed by atoms with Gasteiger partial charge in [-0.15, -0.1) is 0 Å². The second-order valence-electron chi connectivity index (χ2n) is 7.24. The standard InChI is InChI=1S/C20H21ClF3N3O4S/c1-2-15-13(10-18(28)29)4-3-5-17(15)32(30,31)27-8-6-26(7-9-27)19-16(21)11-14(12-25-19)20(22,23)24/h3-5,11-12H,2,6-10H2,1H3,(H,28,29). The third-order valence-electron chi connectivity index (χ3n) is 5.23. The summed E-state index contributed by atoms with van der Waals surface area (Å²) < 4.78 is 66.3. The van der Waals surface area contributed by atoms with Crippen LogP contribution in [0.3, 0.4) is 0 Å². The normalized spacial score (nSPS) is 15.7. The minimum Gasteiger partial charge on any atom is -0.481 e. The Labute approximate surface area is 188 Å². The summed E-state index contributed by atoms with van der Waals surface area (Å²) >= 11 is 6.01. The van der Waals surface area contributed by atoms with Gasteiger partial charge in [-0.3, -0.25) is 4.79 Å². The Kier molecular flexibility index (Phi) is 7.01. The predicted octanol–water partition coefficient (Wildman–Crippen LogP) is 3.45. The molecule has 0 aliphatic carbocycles. The van der Waals surface area contributed by atoms with Crippen molar-refractivity contribution in [3.8, 4) is 0 Å². The molecule has 0 saturated carbocycles. The largest absolute Gasteiger partial charge is 0.481 e. The number of sulfonamides is 1. The van der Waals surface area contributed by atoms with Crippen LogP contribution in [0.15, 0.2) is 35.4 Å². The van der Waals surface area contributed by atoms with Crippen molar-refractivity contribution in [2.24, 2.45) is 0 Å². The number of benzene rings is 1. The number of rotatable bonds is 6. The Morgan fingerprint density at radius 1 is 1.22 bits per heavy atom. The van der Waals surface area contributed by atoms with Crippen LogP contribution in [-0.4, -0.2) is 55.0 Å². The molecule has 1 aliphatic heterocycles. The third kappa shape index (κ3) is 5.00. The van der Waals surface area contributed by atoms with Gasteiger partial charge in [0.2, 0.25) is 10.0 Å². The molecule has 0 atom stereocenters. The highest BCUT2D eigenvalue weighted by atomic mass is 35.5. The average Bonchev–Trinajstić information content (AvgIpc) is 2.72. The molecule has 174 valence electrons. The first-order valence-electron chi connectivity index (χ1n) is 9.75. The van der Waals surface area contributed by atoms with Crippen molar-refractivity contribution in [1.29, 1.82) is 0 Å². The highest BCUT2D eigenvalue weighted by molar-refractivity contribution is 7.89. The van der Waals surface area contributed by atoms with E-state index in [1.54, 1.807) is 17.9 Å². The second-order valence-corrected chi connectivity index (χ2v) is 9.55. The molecule has 0 spiro atoms. The summed E-state index contributed by atoms with van der Waals surface area (Å²) in [6, 6.07) is 5.38. The van der Waals surface area contributed by atoms with Gasteiger partial charge in [-0.25, -0.2) is 13.4 Å². The van der Waals surface area contributed by atoms with E-state index >= 15 is 0 Å². The van der Waals surface area contributed by atoms with Crippen LogP contribution < -0.4 is 4.90 Å². The minimum atomic E-state index is -4.56. The number of piperazine rings is 1. The van der Waals surface area contributed by atoms with E-state index in [-0.39, 0.29) is 48.3 Å². The maximum Gasteiger partial charge on any atom is 0.417 e. The Morgan fingerprint density at radius 2 is 1.88 bits per heavy atom. The minimum absolute atomic E-state index is 0.0675. The molecule has 32 heavy (non-hydrogen) atoms. The Balaban J connectivity index is 1.80. The lowest BCUT2D eigenvalue weighted by molar-refractivity contribution is -0.138. The van der Waals surface area contributed by atoms with Crippen molar-refractivity contribution in [2.75, 3.05) is 31.1 Å². The molecule has 1 aliphatic rings. The van der Waals surface area contributed by atoms with Crippen LogP contribution in [0.1, 0.15) is 23.6 Å². The second kappa shape index (κ2) is 9.24. The fourth-order valence-corrected chi connectivity index (χ4v) is 5.73. The number of hydrogen-bond donors (Lipinski definition) is 1. The number of pyridine rings is 1. The summed E-state index contributed by atoms with van der Waals surface area (Å²) in [5.74, 6) is -0.891. The smallest absolute Gasteiger partial charge is 0.417 e. The molecule has 2 heterocycles. The number of halogens is 4. The number of anilines is 1. The van der Waals surface area contributed by atoms with Gasteiger partial charge in [-0.05, 0) is 29.7 Å². The van der Waals surface area contributed by atoms with Crippen molar-refractivity contribution < 1.29 is 31.5 Å². The molecule has 0 bridgehead atoms. The molecular weight excluding hydrogens is 471 g/mol. The fourth-order valence-electron chi connectivity index (χ4n) is 3.68. The van der Waals surface area contributed by atoms with Gasteiger partial charge in [-0.1, -0.05) is 30.7 Å². The molecule has 0 unspecified atom stereocenters. The molecular formula is C20H21ClF3N3O4S. The van der Waals surface area contributed by atoms with Gasteiger partial charge in [0.25, 0.3) is 0 Å². The van der Waals surface area contributed by atoms with Crippen molar-refractivity contribution in [2.45, 2.75) is 30.8 Å². The van der Waals surface area contributed by atoms with E-state index < -0.39 is 27.7 Å². The average molecular weight is 492 g/mol. The molecule has 0 radical (unpaired) electrons. The molecule has 12 heteroatoms. The summed E-state index contributed by atoms with van der Waals surface area (Å²) in [4.78, 5) is 16.7. The van der Waals surface area contributed by atoms with Crippen LogP contribution >= 0.6 is 11.6 Å². The number of carboxylic acids is 1. The number of carbonyl (C=O) groups is 1. The van der Waals surface area contributed by atoms with E-state index in [1.165, 1.54) is 16.4 Å². The van der Waals surface area contributed by atoms with Gasteiger partial charge in [0.1, 0.15) is 5.82 Å². The topological polar surface area (TPSA) is 90.8 Å². The zero-order valence-electron chi connectivity index (χ0n) is 17.1. The first-order valence-corrected chi connectivity index (χ1v) is 11.6. The molecule has 7 nitrogen and oxygen atoms in total. The molecule has 1 N–H and O–H groups in total. The maximum absolute atomic E-state index is 13.3. The van der Waals surface area contributed by atoms with Crippen LogP contribution in [0.4, 0.5) is 19.0 Å². The van der Waals surface area contributed by atoms with Crippen molar-refractivity contribution in [3.63, 3.8) is 0 Å². The van der Waals surface area contributed by atoms with Gasteiger partial charge in [-0.2, -0.15) is 17.5 Å². The zero-order chi connectivity index (χ0) is 23.7. The summed E-state index contributed by atoms with van der Waals surface area (Å²) in [6.45, 7) is 2.29. The van der Waals surface area contributed by atoms with Crippen molar-refractivity contribution in [1.82, 2.24) is 9.29 Å². The maximum atomic E-state index is 13.3. The predicted molar refractivity (Wildman–Crippen MR) is 112 cm³/mol. The summed E-state index contributed by atoms with van der Waals surface area (Å²) in [6.07, 6.45) is -3.79. The van der Waals surface area contributed by atoms with Crippen molar-refractivity contribution in [3.05, 3.63) is 52.2 Å². The van der Waals surface area contributed by atoms with Crippen LogP contribution in [0.25, 0.3) is 0 Å².